The number of nitrogens with one attached hydrogen (secondary N) is 2. The molecular formula is C18H21ClN4O3. The number of nitrogens with zero attached hydrogens (tertiary/aromatic N) is 2. The molecule has 3 rings (SSSR count). The molecule has 1 heterocycles. The van der Waals surface area contributed by atoms with Crippen molar-refractivity contribution in [2.24, 2.45) is 5.92 Å². The summed E-state index contributed by atoms with van der Waals surface area (Å²) in [5.41, 5.74) is 0.119. The van der Waals surface area contributed by atoms with Gasteiger partial charge in [-0.1, -0.05) is 31.4 Å². The van der Waals surface area contributed by atoms with Gasteiger partial charge in [0.25, 0.3) is 5.56 Å². The fourth-order valence-electron chi connectivity index (χ4n) is 3.30. The largest absolute Gasteiger partial charge is 0.335 e. The molecule has 3 amide bonds. The Morgan fingerprint density at radius 2 is 2.08 bits per heavy atom. The molecule has 1 aromatic heterocycles. The highest BCUT2D eigenvalue weighted by Crippen LogP contribution is 2.23. The van der Waals surface area contributed by atoms with E-state index in [1.807, 2.05) is 0 Å². The van der Waals surface area contributed by atoms with Gasteiger partial charge in [-0.25, -0.2) is 9.78 Å². The molecule has 2 N–H and O–H groups in total. The van der Waals surface area contributed by atoms with Crippen LogP contribution in [-0.2, 0) is 11.3 Å². The third-order valence-corrected chi connectivity index (χ3v) is 5.02. The van der Waals surface area contributed by atoms with Crippen LogP contribution < -0.4 is 16.2 Å². The van der Waals surface area contributed by atoms with Gasteiger partial charge < -0.3 is 5.32 Å². The van der Waals surface area contributed by atoms with Crippen LogP contribution in [0, 0.1) is 5.92 Å². The molecule has 7 nitrogen and oxygen atoms in total. The number of hydrogen-bond acceptors (Lipinski definition) is 4. The third kappa shape index (κ3) is 4.22. The fraction of sp³-hybridized carbons (Fsp3) is 0.444. The maximum absolute atomic E-state index is 12.4. The van der Waals surface area contributed by atoms with Crippen molar-refractivity contribution in [3.63, 3.8) is 0 Å². The van der Waals surface area contributed by atoms with E-state index in [0.717, 1.165) is 23.8 Å². The lowest BCUT2D eigenvalue weighted by molar-refractivity contribution is -0.120. The molecule has 26 heavy (non-hydrogen) atoms. The summed E-state index contributed by atoms with van der Waals surface area (Å²) >= 11 is 5.91. The Kier molecular flexibility index (Phi) is 5.56. The summed E-state index contributed by atoms with van der Waals surface area (Å²) in [4.78, 5) is 40.7. The van der Waals surface area contributed by atoms with E-state index in [4.69, 9.17) is 11.6 Å². The Morgan fingerprint density at radius 1 is 1.31 bits per heavy atom. The predicted octanol–water partition coefficient (Wildman–Crippen LogP) is 2.45. The summed E-state index contributed by atoms with van der Waals surface area (Å²) < 4.78 is 1.16. The monoisotopic (exact) mass is 376 g/mol. The first kappa shape index (κ1) is 18.4. The summed E-state index contributed by atoms with van der Waals surface area (Å²) in [6.07, 6.45) is 5.52. The zero-order valence-electron chi connectivity index (χ0n) is 14.5. The molecule has 0 unspecified atom stereocenters. The van der Waals surface area contributed by atoms with Gasteiger partial charge in [0.1, 0.15) is 6.54 Å². The van der Waals surface area contributed by atoms with Crippen LogP contribution in [0.15, 0.2) is 29.3 Å². The van der Waals surface area contributed by atoms with Gasteiger partial charge in [-0.15, -0.1) is 0 Å². The first-order valence-corrected chi connectivity index (χ1v) is 9.07. The van der Waals surface area contributed by atoms with Crippen molar-refractivity contribution in [3.05, 3.63) is 39.9 Å². The highest BCUT2D eigenvalue weighted by molar-refractivity contribution is 6.31. The molecule has 2 atom stereocenters. The number of benzene rings is 1. The van der Waals surface area contributed by atoms with Crippen molar-refractivity contribution >= 4 is 34.4 Å². The lowest BCUT2D eigenvalue weighted by Crippen LogP contribution is -2.48. The van der Waals surface area contributed by atoms with E-state index in [9.17, 15) is 14.4 Å². The van der Waals surface area contributed by atoms with Crippen LogP contribution in [0.3, 0.4) is 0 Å². The second-order valence-electron chi connectivity index (χ2n) is 6.73. The molecule has 2 aromatic rings. The van der Waals surface area contributed by atoms with Crippen molar-refractivity contribution in [2.45, 2.75) is 45.2 Å². The number of hydrogen-bond donors (Lipinski definition) is 2. The maximum Gasteiger partial charge on any atom is 0.321 e. The number of carbonyl (C=O) groups is 2. The zero-order valence-corrected chi connectivity index (χ0v) is 15.3. The average molecular weight is 377 g/mol. The minimum Gasteiger partial charge on any atom is -0.335 e. The van der Waals surface area contributed by atoms with Crippen LogP contribution in [-0.4, -0.2) is 27.5 Å². The van der Waals surface area contributed by atoms with Crippen molar-refractivity contribution < 1.29 is 9.59 Å². The summed E-state index contributed by atoms with van der Waals surface area (Å²) in [7, 11) is 0. The van der Waals surface area contributed by atoms with Gasteiger partial charge in [-0.05, 0) is 37.0 Å². The van der Waals surface area contributed by atoms with Crippen LogP contribution in [0.5, 0.6) is 0 Å². The zero-order chi connectivity index (χ0) is 18.7. The fourth-order valence-corrected chi connectivity index (χ4v) is 3.47. The molecule has 0 radical (unpaired) electrons. The first-order chi connectivity index (χ1) is 12.4. The molecule has 138 valence electrons. The normalized spacial score (nSPS) is 19.9. The Morgan fingerprint density at radius 3 is 2.85 bits per heavy atom. The smallest absolute Gasteiger partial charge is 0.321 e. The number of rotatable bonds is 3. The number of aromatic nitrogens is 2. The predicted molar refractivity (Wildman–Crippen MR) is 99.1 cm³/mol. The molecule has 0 aliphatic heterocycles. The number of halogens is 1. The molecule has 1 saturated carbocycles. The number of fused-ring (bicyclic) bond motifs is 1. The molecule has 1 aliphatic carbocycles. The van der Waals surface area contributed by atoms with E-state index < -0.39 is 11.9 Å². The van der Waals surface area contributed by atoms with Crippen LogP contribution in [0.1, 0.15) is 32.6 Å². The lowest BCUT2D eigenvalue weighted by atomic mass is 9.86. The Labute approximate surface area is 155 Å². The first-order valence-electron chi connectivity index (χ1n) is 8.69. The van der Waals surface area contributed by atoms with Gasteiger partial charge in [-0.2, -0.15) is 0 Å². The summed E-state index contributed by atoms with van der Waals surface area (Å²) in [6.45, 7) is 1.80. The molecule has 1 fully saturated rings. The van der Waals surface area contributed by atoms with Crippen molar-refractivity contribution in [2.75, 3.05) is 0 Å². The van der Waals surface area contributed by atoms with Gasteiger partial charge in [0, 0.05) is 11.1 Å². The number of amides is 3. The van der Waals surface area contributed by atoms with E-state index in [0.29, 0.717) is 21.8 Å². The summed E-state index contributed by atoms with van der Waals surface area (Å²) in [6, 6.07) is 4.34. The molecule has 1 aliphatic rings. The van der Waals surface area contributed by atoms with Crippen molar-refractivity contribution in [1.82, 2.24) is 20.2 Å². The average Bonchev–Trinajstić information content (AvgIpc) is 2.60. The number of carbonyl (C=O) groups excluding carboxylic acids is 2. The summed E-state index contributed by atoms with van der Waals surface area (Å²) in [5.74, 6) is -0.183. The standard InChI is InChI=1S/C18H21ClN4O3/c1-11-4-2-3-5-14(11)21-18(26)22-16(24)9-23-10-20-15-7-6-12(19)8-13(15)17(23)25/h6-8,10-11,14H,2-5,9H2,1H3,(H2,21,22,24,26)/t11-,14+/m1/s1. The molecule has 8 heteroatoms. The molecular weight excluding hydrogens is 356 g/mol. The Balaban J connectivity index is 1.64. The van der Waals surface area contributed by atoms with E-state index >= 15 is 0 Å². The Bertz CT molecular complexity index is 896. The van der Waals surface area contributed by atoms with Gasteiger partial charge in [0.2, 0.25) is 5.91 Å². The van der Waals surface area contributed by atoms with E-state index in [-0.39, 0.29) is 18.1 Å². The highest BCUT2D eigenvalue weighted by atomic mass is 35.5. The van der Waals surface area contributed by atoms with E-state index in [1.54, 1.807) is 12.1 Å². The number of urea groups is 1. The quantitative estimate of drug-likeness (QED) is 0.860. The van der Waals surface area contributed by atoms with Crippen LogP contribution in [0.25, 0.3) is 10.9 Å². The second kappa shape index (κ2) is 7.86. The van der Waals surface area contributed by atoms with E-state index in [1.165, 1.54) is 18.8 Å². The second-order valence-corrected chi connectivity index (χ2v) is 7.17. The van der Waals surface area contributed by atoms with Crippen LogP contribution in [0.2, 0.25) is 5.02 Å². The number of imide groups is 1. The third-order valence-electron chi connectivity index (χ3n) is 4.78. The van der Waals surface area contributed by atoms with Crippen molar-refractivity contribution in [1.29, 1.82) is 0 Å². The Hall–Kier alpha value is -2.41. The molecule has 1 aromatic carbocycles. The van der Waals surface area contributed by atoms with Crippen molar-refractivity contribution in [3.8, 4) is 0 Å². The molecule has 0 spiro atoms. The lowest BCUT2D eigenvalue weighted by Gasteiger charge is -2.29. The van der Waals surface area contributed by atoms with Gasteiger partial charge in [-0.3, -0.25) is 19.5 Å². The molecule has 0 bridgehead atoms. The van der Waals surface area contributed by atoms with Crippen LogP contribution in [0.4, 0.5) is 4.79 Å². The van der Waals surface area contributed by atoms with E-state index in [2.05, 4.69) is 22.5 Å². The highest BCUT2D eigenvalue weighted by Gasteiger charge is 2.23. The molecule has 0 saturated heterocycles. The topological polar surface area (TPSA) is 93.1 Å². The minimum atomic E-state index is -0.573. The summed E-state index contributed by atoms with van der Waals surface area (Å²) in [5, 5.41) is 5.87. The van der Waals surface area contributed by atoms with Gasteiger partial charge in [0.05, 0.1) is 17.2 Å². The van der Waals surface area contributed by atoms with Crippen LogP contribution >= 0.6 is 11.6 Å². The van der Waals surface area contributed by atoms with Gasteiger partial charge in [0.15, 0.2) is 0 Å². The maximum atomic E-state index is 12.4. The minimum absolute atomic E-state index is 0.0729. The SMILES string of the molecule is C[C@@H]1CCCC[C@@H]1NC(=O)NC(=O)Cn1cnc2ccc(Cl)cc2c1=O. The van der Waals surface area contributed by atoms with Gasteiger partial charge >= 0.3 is 6.03 Å².